The smallest absolute Gasteiger partial charge is 0.0625 e. The van der Waals surface area contributed by atoms with Crippen molar-refractivity contribution in [2.24, 2.45) is 12.5 Å². The summed E-state index contributed by atoms with van der Waals surface area (Å²) in [5.74, 6) is 0. The van der Waals surface area contributed by atoms with E-state index in [0.29, 0.717) is 5.41 Å². The fraction of sp³-hybridized carbons (Fsp3) is 0.812. The molecule has 3 heteroatoms. The lowest BCUT2D eigenvalue weighted by Crippen LogP contribution is -2.29. The molecule has 1 aromatic heterocycles. The van der Waals surface area contributed by atoms with Crippen LogP contribution in [0.4, 0.5) is 0 Å². The van der Waals surface area contributed by atoms with E-state index in [1.165, 1.54) is 37.1 Å². The number of aromatic nitrogens is 2. The molecule has 0 saturated heterocycles. The highest BCUT2D eigenvalue weighted by molar-refractivity contribution is 5.09. The summed E-state index contributed by atoms with van der Waals surface area (Å²) >= 11 is 0. The van der Waals surface area contributed by atoms with Crippen LogP contribution in [0.3, 0.4) is 0 Å². The Hall–Kier alpha value is -0.830. The Morgan fingerprint density at radius 2 is 2.00 bits per heavy atom. The maximum absolute atomic E-state index is 4.48. The van der Waals surface area contributed by atoms with Gasteiger partial charge in [-0.05, 0) is 24.3 Å². The maximum atomic E-state index is 4.48. The van der Waals surface area contributed by atoms with E-state index in [0.717, 1.165) is 19.5 Å². The monoisotopic (exact) mass is 265 g/mol. The molecule has 0 fully saturated rings. The predicted octanol–water partition coefficient (Wildman–Crippen LogP) is 3.68. The first-order chi connectivity index (χ1) is 8.98. The summed E-state index contributed by atoms with van der Waals surface area (Å²) in [6, 6.07) is 2.21. The van der Waals surface area contributed by atoms with Crippen LogP contribution in [0.5, 0.6) is 0 Å². The van der Waals surface area contributed by atoms with E-state index >= 15 is 0 Å². The zero-order valence-electron chi connectivity index (χ0n) is 13.4. The standard InChI is InChI=1S/C16H31N3/c1-6-8-9-10-16(3,4)13-17-12-15-11-14(7-2)18-19(15)5/h11,17H,6-10,12-13H2,1-5H3. The largest absolute Gasteiger partial charge is 0.311 e. The van der Waals surface area contributed by atoms with Gasteiger partial charge in [-0.3, -0.25) is 4.68 Å². The summed E-state index contributed by atoms with van der Waals surface area (Å²) in [5, 5.41) is 8.07. The molecule has 0 atom stereocenters. The molecule has 0 aliphatic rings. The van der Waals surface area contributed by atoms with E-state index in [4.69, 9.17) is 0 Å². The van der Waals surface area contributed by atoms with E-state index in [-0.39, 0.29) is 0 Å². The second-order valence-electron chi connectivity index (χ2n) is 6.33. The summed E-state index contributed by atoms with van der Waals surface area (Å²) < 4.78 is 2.00. The van der Waals surface area contributed by atoms with Crippen LogP contribution in [0.15, 0.2) is 6.07 Å². The summed E-state index contributed by atoms with van der Waals surface area (Å²) in [5.41, 5.74) is 2.85. The normalized spacial score (nSPS) is 12.1. The third-order valence-corrected chi connectivity index (χ3v) is 3.76. The second-order valence-corrected chi connectivity index (χ2v) is 6.33. The van der Waals surface area contributed by atoms with Gasteiger partial charge in [-0.15, -0.1) is 0 Å². The van der Waals surface area contributed by atoms with Crippen LogP contribution in [0, 0.1) is 5.41 Å². The minimum Gasteiger partial charge on any atom is -0.311 e. The molecule has 1 N–H and O–H groups in total. The van der Waals surface area contributed by atoms with E-state index in [2.05, 4.69) is 44.2 Å². The number of rotatable bonds is 9. The molecule has 0 amide bonds. The van der Waals surface area contributed by atoms with Crippen LogP contribution in [-0.4, -0.2) is 16.3 Å². The average Bonchev–Trinajstić information content (AvgIpc) is 2.70. The fourth-order valence-corrected chi connectivity index (χ4v) is 2.38. The van der Waals surface area contributed by atoms with Crippen molar-refractivity contribution in [3.8, 4) is 0 Å². The first kappa shape index (κ1) is 16.2. The molecule has 0 radical (unpaired) electrons. The summed E-state index contributed by atoms with van der Waals surface area (Å²) in [6.45, 7) is 11.1. The molecule has 3 nitrogen and oxygen atoms in total. The highest BCUT2D eigenvalue weighted by Crippen LogP contribution is 2.22. The van der Waals surface area contributed by atoms with Gasteiger partial charge in [0, 0.05) is 20.1 Å². The van der Waals surface area contributed by atoms with E-state index in [9.17, 15) is 0 Å². The Balaban J connectivity index is 2.34. The van der Waals surface area contributed by atoms with Gasteiger partial charge in [-0.1, -0.05) is 47.0 Å². The minimum absolute atomic E-state index is 0.390. The average molecular weight is 265 g/mol. The van der Waals surface area contributed by atoms with Gasteiger partial charge in [0.05, 0.1) is 11.4 Å². The van der Waals surface area contributed by atoms with Crippen LogP contribution >= 0.6 is 0 Å². The molecule has 0 aromatic carbocycles. The second kappa shape index (κ2) is 7.68. The fourth-order valence-electron chi connectivity index (χ4n) is 2.38. The SMILES string of the molecule is CCCCCC(C)(C)CNCc1cc(CC)nn1C. The van der Waals surface area contributed by atoms with Crippen LogP contribution in [0.1, 0.15) is 64.8 Å². The molecule has 0 spiro atoms. The number of unbranched alkanes of at least 4 members (excludes halogenated alkanes) is 2. The van der Waals surface area contributed by atoms with Crippen molar-refractivity contribution in [1.82, 2.24) is 15.1 Å². The van der Waals surface area contributed by atoms with Crippen LogP contribution in [0.25, 0.3) is 0 Å². The molecule has 110 valence electrons. The number of hydrogen-bond donors (Lipinski definition) is 1. The molecule has 1 rings (SSSR count). The Morgan fingerprint density at radius 3 is 2.58 bits per heavy atom. The Bertz CT molecular complexity index is 366. The number of nitrogens with zero attached hydrogens (tertiary/aromatic N) is 2. The van der Waals surface area contributed by atoms with Crippen LogP contribution in [0.2, 0.25) is 0 Å². The quantitative estimate of drug-likeness (QED) is 0.690. The lowest BCUT2D eigenvalue weighted by Gasteiger charge is -2.25. The van der Waals surface area contributed by atoms with Gasteiger partial charge in [-0.25, -0.2) is 0 Å². The van der Waals surface area contributed by atoms with Crippen molar-refractivity contribution >= 4 is 0 Å². The zero-order chi connectivity index (χ0) is 14.3. The molecule has 1 heterocycles. The number of hydrogen-bond acceptors (Lipinski definition) is 2. The highest BCUT2D eigenvalue weighted by atomic mass is 15.3. The molecule has 0 aliphatic heterocycles. The van der Waals surface area contributed by atoms with Gasteiger partial charge in [0.25, 0.3) is 0 Å². The van der Waals surface area contributed by atoms with E-state index in [1.807, 2.05) is 11.7 Å². The van der Waals surface area contributed by atoms with Crippen molar-refractivity contribution in [2.45, 2.75) is 66.3 Å². The summed E-state index contributed by atoms with van der Waals surface area (Å²) in [7, 11) is 2.03. The maximum Gasteiger partial charge on any atom is 0.0625 e. The molecule has 1 aromatic rings. The lowest BCUT2D eigenvalue weighted by atomic mass is 9.87. The summed E-state index contributed by atoms with van der Waals surface area (Å²) in [4.78, 5) is 0. The zero-order valence-corrected chi connectivity index (χ0v) is 13.4. The number of nitrogens with one attached hydrogen (secondary N) is 1. The minimum atomic E-state index is 0.390. The highest BCUT2D eigenvalue weighted by Gasteiger charge is 2.16. The van der Waals surface area contributed by atoms with E-state index < -0.39 is 0 Å². The molecule has 0 bridgehead atoms. The molecule has 0 aliphatic carbocycles. The van der Waals surface area contributed by atoms with Gasteiger partial charge in [0.2, 0.25) is 0 Å². The van der Waals surface area contributed by atoms with Crippen LogP contribution in [-0.2, 0) is 20.0 Å². The Kier molecular flexibility index (Phi) is 6.56. The molecular weight excluding hydrogens is 234 g/mol. The van der Waals surface area contributed by atoms with Crippen molar-refractivity contribution in [3.05, 3.63) is 17.5 Å². The lowest BCUT2D eigenvalue weighted by molar-refractivity contribution is 0.300. The van der Waals surface area contributed by atoms with Gasteiger partial charge >= 0.3 is 0 Å². The van der Waals surface area contributed by atoms with Gasteiger partial charge in [-0.2, -0.15) is 5.10 Å². The summed E-state index contributed by atoms with van der Waals surface area (Å²) in [6.07, 6.45) is 6.32. The van der Waals surface area contributed by atoms with Crippen LogP contribution < -0.4 is 5.32 Å². The van der Waals surface area contributed by atoms with Crippen molar-refractivity contribution in [2.75, 3.05) is 6.54 Å². The van der Waals surface area contributed by atoms with E-state index in [1.54, 1.807) is 0 Å². The Morgan fingerprint density at radius 1 is 1.26 bits per heavy atom. The van der Waals surface area contributed by atoms with Crippen molar-refractivity contribution in [1.29, 1.82) is 0 Å². The molecule has 0 unspecified atom stereocenters. The van der Waals surface area contributed by atoms with Gasteiger partial charge in [0.1, 0.15) is 0 Å². The predicted molar refractivity (Wildman–Crippen MR) is 82.2 cm³/mol. The molecule has 0 saturated carbocycles. The molecular formula is C16H31N3. The topological polar surface area (TPSA) is 29.9 Å². The Labute approximate surface area is 118 Å². The van der Waals surface area contributed by atoms with Gasteiger partial charge < -0.3 is 5.32 Å². The molecule has 19 heavy (non-hydrogen) atoms. The van der Waals surface area contributed by atoms with Crippen molar-refractivity contribution < 1.29 is 0 Å². The van der Waals surface area contributed by atoms with Crippen molar-refractivity contribution in [3.63, 3.8) is 0 Å². The first-order valence-corrected chi connectivity index (χ1v) is 7.71. The third-order valence-electron chi connectivity index (χ3n) is 3.76. The number of aryl methyl sites for hydroxylation is 2. The van der Waals surface area contributed by atoms with Gasteiger partial charge in [0.15, 0.2) is 0 Å². The first-order valence-electron chi connectivity index (χ1n) is 7.71. The third kappa shape index (κ3) is 5.77.